The maximum Gasteiger partial charge on any atom is 0.417 e. The standard InChI is InChI=1S/C18H19F3N2O5S/c1-23-9-11(8-22-23)10-3-4-16(14(5-10)18(19,20)21)29(26,27)12-6-13(17(24)25)15(7-12)28-2/h3-5,8-9,12-13,15H,6-7H2,1-2H3,(H,24,25)/t12-,13-,15-/m1/s1. The predicted molar refractivity (Wildman–Crippen MR) is 95.8 cm³/mol. The van der Waals surface area contributed by atoms with Crippen molar-refractivity contribution in [2.75, 3.05) is 7.11 Å². The Morgan fingerprint density at radius 2 is 1.97 bits per heavy atom. The zero-order chi connectivity index (χ0) is 21.6. The molecule has 0 bridgehead atoms. The van der Waals surface area contributed by atoms with Gasteiger partial charge in [0.2, 0.25) is 0 Å². The highest BCUT2D eigenvalue weighted by atomic mass is 32.2. The Morgan fingerprint density at radius 3 is 2.45 bits per heavy atom. The van der Waals surface area contributed by atoms with E-state index in [1.165, 1.54) is 30.3 Å². The molecule has 0 spiro atoms. The van der Waals surface area contributed by atoms with Gasteiger partial charge in [0.1, 0.15) is 0 Å². The predicted octanol–water partition coefficient (Wildman–Crippen LogP) is 2.76. The van der Waals surface area contributed by atoms with Crippen LogP contribution in [0.1, 0.15) is 18.4 Å². The first-order chi connectivity index (χ1) is 13.4. The van der Waals surface area contributed by atoms with Crippen molar-refractivity contribution in [1.29, 1.82) is 0 Å². The number of methoxy groups -OCH3 is 1. The molecule has 1 aromatic carbocycles. The van der Waals surface area contributed by atoms with E-state index in [0.29, 0.717) is 5.56 Å². The summed E-state index contributed by atoms with van der Waals surface area (Å²) < 4.78 is 73.6. The van der Waals surface area contributed by atoms with Gasteiger partial charge in [0.25, 0.3) is 0 Å². The van der Waals surface area contributed by atoms with Crippen LogP contribution in [-0.4, -0.2) is 47.7 Å². The van der Waals surface area contributed by atoms with Crippen LogP contribution < -0.4 is 0 Å². The summed E-state index contributed by atoms with van der Waals surface area (Å²) >= 11 is 0. The van der Waals surface area contributed by atoms with Crippen LogP contribution in [0, 0.1) is 5.92 Å². The number of hydrogen-bond acceptors (Lipinski definition) is 5. The number of aryl methyl sites for hydroxylation is 1. The number of benzene rings is 1. The molecule has 1 fully saturated rings. The van der Waals surface area contributed by atoms with E-state index in [1.54, 1.807) is 7.05 Å². The van der Waals surface area contributed by atoms with Gasteiger partial charge in [-0.3, -0.25) is 9.48 Å². The van der Waals surface area contributed by atoms with Crippen molar-refractivity contribution in [3.8, 4) is 11.1 Å². The lowest BCUT2D eigenvalue weighted by molar-refractivity contribution is -0.145. The molecule has 1 N–H and O–H groups in total. The molecule has 0 unspecified atom stereocenters. The van der Waals surface area contributed by atoms with Gasteiger partial charge in [-0.1, -0.05) is 6.07 Å². The summed E-state index contributed by atoms with van der Waals surface area (Å²) in [6.45, 7) is 0. The largest absolute Gasteiger partial charge is 0.481 e. The number of aliphatic carboxylic acids is 1. The van der Waals surface area contributed by atoms with E-state index >= 15 is 0 Å². The minimum atomic E-state index is -4.91. The van der Waals surface area contributed by atoms with Crippen molar-refractivity contribution in [2.45, 2.75) is 35.3 Å². The molecule has 11 heteroatoms. The molecule has 2 aromatic rings. The number of ether oxygens (including phenoxy) is 1. The summed E-state index contributed by atoms with van der Waals surface area (Å²) in [6, 6.07) is 2.99. The van der Waals surface area contributed by atoms with Crippen LogP contribution in [0.25, 0.3) is 11.1 Å². The molecule has 3 atom stereocenters. The number of nitrogens with zero attached hydrogens (tertiary/aromatic N) is 2. The number of carboxylic acid groups (broad SMARTS) is 1. The molecule has 1 aromatic heterocycles. The summed E-state index contributed by atoms with van der Waals surface area (Å²) in [4.78, 5) is 10.5. The average molecular weight is 432 g/mol. The third kappa shape index (κ3) is 4.01. The molecule has 0 aliphatic heterocycles. The van der Waals surface area contributed by atoms with Crippen molar-refractivity contribution >= 4 is 15.8 Å². The van der Waals surface area contributed by atoms with Crippen LogP contribution in [0.15, 0.2) is 35.5 Å². The van der Waals surface area contributed by atoms with Gasteiger partial charge in [-0.2, -0.15) is 18.3 Å². The fraction of sp³-hybridized carbons (Fsp3) is 0.444. The molecule has 0 radical (unpaired) electrons. The molecule has 1 aliphatic rings. The summed E-state index contributed by atoms with van der Waals surface area (Å²) in [6.07, 6.45) is -3.39. The van der Waals surface area contributed by atoms with E-state index in [9.17, 15) is 31.5 Å². The lowest BCUT2D eigenvalue weighted by Gasteiger charge is -2.18. The Morgan fingerprint density at radius 1 is 1.28 bits per heavy atom. The molecule has 1 aliphatic carbocycles. The summed E-state index contributed by atoms with van der Waals surface area (Å²) in [5.41, 5.74) is -0.700. The molecule has 0 saturated heterocycles. The van der Waals surface area contributed by atoms with Gasteiger partial charge in [-0.15, -0.1) is 0 Å². The van der Waals surface area contributed by atoms with Crippen molar-refractivity contribution in [1.82, 2.24) is 9.78 Å². The molecule has 158 valence electrons. The van der Waals surface area contributed by atoms with Gasteiger partial charge in [0.05, 0.1) is 33.9 Å². The first-order valence-corrected chi connectivity index (χ1v) is 10.2. The molecule has 7 nitrogen and oxygen atoms in total. The number of rotatable bonds is 5. The Balaban J connectivity index is 2.06. The lowest BCUT2D eigenvalue weighted by atomic mass is 10.1. The Kier molecular flexibility index (Phi) is 5.48. The van der Waals surface area contributed by atoms with Gasteiger partial charge in [-0.05, 0) is 30.5 Å². The zero-order valence-electron chi connectivity index (χ0n) is 15.5. The minimum Gasteiger partial charge on any atom is -0.481 e. The fourth-order valence-corrected chi connectivity index (χ4v) is 5.66. The van der Waals surface area contributed by atoms with E-state index < -0.39 is 49.7 Å². The SMILES string of the molecule is CO[C@@H]1C[C@H](S(=O)(=O)c2ccc(-c3cnn(C)c3)cc2C(F)(F)F)C[C@H]1C(=O)O. The Hall–Kier alpha value is -2.40. The summed E-state index contributed by atoms with van der Waals surface area (Å²) in [5, 5.41) is 11.9. The van der Waals surface area contributed by atoms with Crippen LogP contribution in [0.2, 0.25) is 0 Å². The second kappa shape index (κ2) is 7.45. The van der Waals surface area contributed by atoms with Gasteiger partial charge in [0, 0.05) is 25.9 Å². The first kappa shape index (κ1) is 21.3. The normalized spacial score (nSPS) is 22.7. The van der Waals surface area contributed by atoms with Crippen molar-refractivity contribution in [2.24, 2.45) is 13.0 Å². The van der Waals surface area contributed by atoms with E-state index in [-0.39, 0.29) is 18.4 Å². The minimum absolute atomic E-state index is 0.175. The van der Waals surface area contributed by atoms with Crippen molar-refractivity contribution in [3.63, 3.8) is 0 Å². The maximum absolute atomic E-state index is 13.7. The highest BCUT2D eigenvalue weighted by Crippen LogP contribution is 2.41. The van der Waals surface area contributed by atoms with Crippen LogP contribution in [0.3, 0.4) is 0 Å². The van der Waals surface area contributed by atoms with Crippen LogP contribution >= 0.6 is 0 Å². The van der Waals surface area contributed by atoms with Gasteiger partial charge >= 0.3 is 12.1 Å². The third-order valence-corrected chi connectivity index (χ3v) is 7.38. The topological polar surface area (TPSA) is 98.5 Å². The number of carbonyl (C=O) groups is 1. The Bertz CT molecular complexity index is 1030. The second-order valence-corrected chi connectivity index (χ2v) is 9.17. The highest BCUT2D eigenvalue weighted by molar-refractivity contribution is 7.92. The zero-order valence-corrected chi connectivity index (χ0v) is 16.4. The van der Waals surface area contributed by atoms with Gasteiger partial charge in [-0.25, -0.2) is 8.42 Å². The third-order valence-electron chi connectivity index (χ3n) is 5.15. The molecule has 3 rings (SSSR count). The number of carboxylic acids is 1. The average Bonchev–Trinajstić information content (AvgIpc) is 3.27. The van der Waals surface area contributed by atoms with Crippen LogP contribution in [-0.2, 0) is 32.6 Å². The highest BCUT2D eigenvalue weighted by Gasteiger charge is 2.47. The summed E-state index contributed by atoms with van der Waals surface area (Å²) in [5.74, 6) is -2.33. The van der Waals surface area contributed by atoms with E-state index in [0.717, 1.165) is 12.1 Å². The van der Waals surface area contributed by atoms with Gasteiger partial charge in [0.15, 0.2) is 9.84 Å². The smallest absolute Gasteiger partial charge is 0.417 e. The van der Waals surface area contributed by atoms with E-state index in [4.69, 9.17) is 4.74 Å². The maximum atomic E-state index is 13.7. The molecular weight excluding hydrogens is 413 g/mol. The van der Waals surface area contributed by atoms with Gasteiger partial charge < -0.3 is 9.84 Å². The van der Waals surface area contributed by atoms with Crippen molar-refractivity contribution < 1.29 is 36.2 Å². The van der Waals surface area contributed by atoms with E-state index in [1.807, 2.05) is 0 Å². The number of aromatic nitrogens is 2. The molecule has 1 heterocycles. The quantitative estimate of drug-likeness (QED) is 0.780. The van der Waals surface area contributed by atoms with Crippen LogP contribution in [0.4, 0.5) is 13.2 Å². The fourth-order valence-electron chi connectivity index (χ4n) is 3.66. The lowest BCUT2D eigenvalue weighted by Crippen LogP contribution is -2.24. The number of sulfone groups is 1. The second-order valence-electron chi connectivity index (χ2n) is 6.97. The molecule has 29 heavy (non-hydrogen) atoms. The van der Waals surface area contributed by atoms with Crippen LogP contribution in [0.5, 0.6) is 0 Å². The number of hydrogen-bond donors (Lipinski definition) is 1. The summed E-state index contributed by atoms with van der Waals surface area (Å²) in [7, 11) is -1.58. The van der Waals surface area contributed by atoms with Crippen molar-refractivity contribution in [3.05, 3.63) is 36.2 Å². The number of alkyl halides is 3. The first-order valence-electron chi connectivity index (χ1n) is 8.65. The Labute approximate surface area is 165 Å². The molecule has 0 amide bonds. The number of halogens is 3. The monoisotopic (exact) mass is 432 g/mol. The molecule has 1 saturated carbocycles. The van der Waals surface area contributed by atoms with E-state index in [2.05, 4.69) is 5.10 Å². The molecular formula is C18H19F3N2O5S.